The molecule has 0 fully saturated rings. The van der Waals surface area contributed by atoms with E-state index in [0.29, 0.717) is 17.9 Å². The first-order valence-corrected chi connectivity index (χ1v) is 8.35. The zero-order valence-electron chi connectivity index (χ0n) is 14.1. The van der Waals surface area contributed by atoms with Crippen molar-refractivity contribution in [3.63, 3.8) is 0 Å². The van der Waals surface area contributed by atoms with E-state index in [0.717, 1.165) is 22.8 Å². The Hall–Kier alpha value is -3.07. The van der Waals surface area contributed by atoms with Crippen molar-refractivity contribution in [1.29, 1.82) is 0 Å². The molecule has 0 unspecified atom stereocenters. The molecule has 3 heteroatoms. The molecule has 25 heavy (non-hydrogen) atoms. The second kappa shape index (κ2) is 7.67. The molecular formula is C22H20O3. The summed E-state index contributed by atoms with van der Waals surface area (Å²) in [5, 5.41) is 11.7. The summed E-state index contributed by atoms with van der Waals surface area (Å²) in [6.45, 7) is 2.64. The largest absolute Gasteiger partial charge is 0.493 e. The van der Waals surface area contributed by atoms with Gasteiger partial charge in [-0.2, -0.15) is 0 Å². The Balaban J connectivity index is 2.14. The number of rotatable bonds is 6. The molecule has 0 aromatic heterocycles. The molecule has 3 nitrogen and oxygen atoms in total. The molecule has 3 rings (SSSR count). The monoisotopic (exact) mass is 332 g/mol. The van der Waals surface area contributed by atoms with Gasteiger partial charge >= 0.3 is 5.97 Å². The first kappa shape index (κ1) is 16.8. The average Bonchev–Trinajstić information content (AvgIpc) is 2.64. The summed E-state index contributed by atoms with van der Waals surface area (Å²) in [7, 11) is 0. The summed E-state index contributed by atoms with van der Waals surface area (Å²) in [4.78, 5) is 12.0. The Labute approximate surface area is 147 Å². The summed E-state index contributed by atoms with van der Waals surface area (Å²) in [6, 6.07) is 21.0. The first-order chi connectivity index (χ1) is 12.2. The number of aliphatic carboxylic acids is 1. The number of hydrogen-bond donors (Lipinski definition) is 1. The summed E-state index contributed by atoms with van der Waals surface area (Å²) in [5.41, 5.74) is 1.72. The number of ether oxygens (including phenoxy) is 1. The fraction of sp³-hybridized carbons (Fsp3) is 0.136. The first-order valence-electron chi connectivity index (χ1n) is 8.35. The molecule has 0 saturated carbocycles. The second-order valence-corrected chi connectivity index (χ2v) is 5.78. The van der Waals surface area contributed by atoms with E-state index < -0.39 is 5.97 Å². The second-order valence-electron chi connectivity index (χ2n) is 5.78. The van der Waals surface area contributed by atoms with Gasteiger partial charge in [-0.1, -0.05) is 67.6 Å². The highest BCUT2D eigenvalue weighted by Gasteiger charge is 2.14. The Bertz CT molecular complexity index is 920. The topological polar surface area (TPSA) is 46.5 Å². The molecule has 0 aliphatic rings. The SMILES string of the molecule is CCCOc1ccccc1/C=C(\C(=O)O)c1cccc2ccccc12. The zero-order valence-corrected chi connectivity index (χ0v) is 14.1. The van der Waals surface area contributed by atoms with Crippen LogP contribution in [0.4, 0.5) is 0 Å². The molecular weight excluding hydrogens is 312 g/mol. The minimum Gasteiger partial charge on any atom is -0.493 e. The summed E-state index contributed by atoms with van der Waals surface area (Å²) in [5.74, 6) is -0.259. The summed E-state index contributed by atoms with van der Waals surface area (Å²) in [6.07, 6.45) is 2.59. The maximum absolute atomic E-state index is 12.0. The van der Waals surface area contributed by atoms with E-state index in [2.05, 4.69) is 0 Å². The van der Waals surface area contributed by atoms with Crippen molar-refractivity contribution in [3.8, 4) is 5.75 Å². The van der Waals surface area contributed by atoms with E-state index >= 15 is 0 Å². The lowest BCUT2D eigenvalue weighted by Crippen LogP contribution is -2.02. The van der Waals surface area contributed by atoms with Crippen molar-refractivity contribution in [2.45, 2.75) is 13.3 Å². The Morgan fingerprint density at radius 3 is 2.52 bits per heavy atom. The number of para-hydroxylation sites is 1. The quantitative estimate of drug-likeness (QED) is 0.495. The van der Waals surface area contributed by atoms with E-state index in [1.165, 1.54) is 0 Å². The molecule has 0 bridgehead atoms. The van der Waals surface area contributed by atoms with Crippen LogP contribution in [0.25, 0.3) is 22.4 Å². The van der Waals surface area contributed by atoms with Gasteiger partial charge in [-0.3, -0.25) is 0 Å². The van der Waals surface area contributed by atoms with Gasteiger partial charge in [0.2, 0.25) is 0 Å². The van der Waals surface area contributed by atoms with E-state index in [1.54, 1.807) is 6.08 Å². The number of hydrogen-bond acceptors (Lipinski definition) is 2. The van der Waals surface area contributed by atoms with Gasteiger partial charge in [-0.05, 0) is 34.9 Å². The number of fused-ring (bicyclic) bond motifs is 1. The van der Waals surface area contributed by atoms with Crippen LogP contribution >= 0.6 is 0 Å². The predicted octanol–water partition coefficient (Wildman–Crippen LogP) is 5.25. The molecule has 126 valence electrons. The normalized spacial score (nSPS) is 11.5. The number of carbonyl (C=O) groups is 1. The number of carboxylic acids is 1. The zero-order chi connectivity index (χ0) is 17.6. The minimum atomic E-state index is -0.957. The van der Waals surface area contributed by atoms with Crippen molar-refractivity contribution in [2.24, 2.45) is 0 Å². The number of carboxylic acid groups (broad SMARTS) is 1. The number of benzene rings is 3. The van der Waals surface area contributed by atoms with Gasteiger partial charge in [-0.15, -0.1) is 0 Å². The lowest BCUT2D eigenvalue weighted by atomic mass is 9.96. The van der Waals surface area contributed by atoms with Crippen LogP contribution in [0.5, 0.6) is 5.75 Å². The van der Waals surface area contributed by atoms with E-state index in [-0.39, 0.29) is 5.57 Å². The molecule has 0 aliphatic heterocycles. The Kier molecular flexibility index (Phi) is 5.14. The highest BCUT2D eigenvalue weighted by Crippen LogP contribution is 2.29. The lowest BCUT2D eigenvalue weighted by molar-refractivity contribution is -0.130. The van der Waals surface area contributed by atoms with E-state index in [9.17, 15) is 9.90 Å². The Morgan fingerprint density at radius 2 is 1.72 bits per heavy atom. The molecule has 3 aromatic rings. The molecule has 0 atom stereocenters. The smallest absolute Gasteiger partial charge is 0.336 e. The lowest BCUT2D eigenvalue weighted by Gasteiger charge is -2.11. The van der Waals surface area contributed by atoms with Crippen LogP contribution in [-0.4, -0.2) is 17.7 Å². The van der Waals surface area contributed by atoms with Gasteiger partial charge in [0.05, 0.1) is 12.2 Å². The molecule has 0 amide bonds. The van der Waals surface area contributed by atoms with Gasteiger partial charge in [0.1, 0.15) is 5.75 Å². The highest BCUT2D eigenvalue weighted by molar-refractivity contribution is 6.24. The van der Waals surface area contributed by atoms with Gasteiger partial charge < -0.3 is 9.84 Å². The van der Waals surface area contributed by atoms with Crippen LogP contribution in [0.1, 0.15) is 24.5 Å². The highest BCUT2D eigenvalue weighted by atomic mass is 16.5. The van der Waals surface area contributed by atoms with Crippen LogP contribution < -0.4 is 4.74 Å². The van der Waals surface area contributed by atoms with Crippen LogP contribution in [0.2, 0.25) is 0 Å². The standard InChI is InChI=1S/C22H20O3/c1-2-14-25-21-13-6-4-9-17(21)15-20(22(23)24)19-12-7-10-16-8-3-5-11-18(16)19/h3-13,15H,2,14H2,1H3,(H,23,24)/b20-15-. The molecule has 0 heterocycles. The van der Waals surface area contributed by atoms with E-state index in [1.807, 2.05) is 73.7 Å². The molecule has 3 aromatic carbocycles. The minimum absolute atomic E-state index is 0.254. The van der Waals surface area contributed by atoms with Crippen LogP contribution in [0.15, 0.2) is 66.7 Å². The molecule has 0 spiro atoms. The van der Waals surface area contributed by atoms with Crippen molar-refractivity contribution < 1.29 is 14.6 Å². The van der Waals surface area contributed by atoms with Crippen LogP contribution in [0.3, 0.4) is 0 Å². The van der Waals surface area contributed by atoms with Crippen LogP contribution in [0, 0.1) is 0 Å². The van der Waals surface area contributed by atoms with Crippen molar-refractivity contribution >= 4 is 28.4 Å². The van der Waals surface area contributed by atoms with Crippen molar-refractivity contribution in [2.75, 3.05) is 6.61 Å². The fourth-order valence-electron chi connectivity index (χ4n) is 2.81. The predicted molar refractivity (Wildman–Crippen MR) is 102 cm³/mol. The third-order valence-electron chi connectivity index (χ3n) is 3.99. The van der Waals surface area contributed by atoms with E-state index in [4.69, 9.17) is 4.74 Å². The van der Waals surface area contributed by atoms with Crippen LogP contribution in [-0.2, 0) is 4.79 Å². The maximum Gasteiger partial charge on any atom is 0.336 e. The van der Waals surface area contributed by atoms with Gasteiger partial charge in [0.15, 0.2) is 0 Å². The summed E-state index contributed by atoms with van der Waals surface area (Å²) >= 11 is 0. The average molecular weight is 332 g/mol. The Morgan fingerprint density at radius 1 is 1.00 bits per heavy atom. The maximum atomic E-state index is 12.0. The van der Waals surface area contributed by atoms with Crippen molar-refractivity contribution in [1.82, 2.24) is 0 Å². The molecule has 0 aliphatic carbocycles. The third-order valence-corrected chi connectivity index (χ3v) is 3.99. The molecule has 0 saturated heterocycles. The molecule has 1 N–H and O–H groups in total. The van der Waals surface area contributed by atoms with Gasteiger partial charge in [0.25, 0.3) is 0 Å². The van der Waals surface area contributed by atoms with Gasteiger partial charge in [0, 0.05) is 5.56 Å². The molecule has 0 radical (unpaired) electrons. The van der Waals surface area contributed by atoms with Crippen molar-refractivity contribution in [3.05, 3.63) is 77.9 Å². The van der Waals surface area contributed by atoms with Gasteiger partial charge in [-0.25, -0.2) is 4.79 Å². The fourth-order valence-corrected chi connectivity index (χ4v) is 2.81. The summed E-state index contributed by atoms with van der Waals surface area (Å²) < 4.78 is 5.75. The third kappa shape index (κ3) is 3.72.